The van der Waals surface area contributed by atoms with Crippen LogP contribution < -0.4 is 4.90 Å². The van der Waals surface area contributed by atoms with E-state index in [4.69, 9.17) is 0 Å². The van der Waals surface area contributed by atoms with Crippen LogP contribution in [-0.4, -0.2) is 4.57 Å². The molecule has 0 N–H and O–H groups in total. The molecule has 0 aliphatic heterocycles. The van der Waals surface area contributed by atoms with Gasteiger partial charge in [-0.05, 0) is 205 Å². The Hall–Kier alpha value is -8.72. The third-order valence-corrected chi connectivity index (χ3v) is 19.2. The van der Waals surface area contributed by atoms with E-state index >= 15 is 0 Å². The second-order valence-corrected chi connectivity index (χ2v) is 32.1. The van der Waals surface area contributed by atoms with Crippen LogP contribution in [0.25, 0.3) is 104 Å². The Morgan fingerprint density at radius 2 is 0.578 bits per heavy atom. The van der Waals surface area contributed by atoms with Crippen molar-refractivity contribution >= 4 is 71.2 Å². The summed E-state index contributed by atoms with van der Waals surface area (Å²) in [4.78, 5) is 2.52. The van der Waals surface area contributed by atoms with Crippen molar-refractivity contribution in [3.05, 3.63) is 252 Å². The summed E-state index contributed by atoms with van der Waals surface area (Å²) in [5.41, 5.74) is 24.7. The molecule has 0 saturated heterocycles. The molecule has 0 spiro atoms. The van der Waals surface area contributed by atoms with Crippen LogP contribution in [-0.2, 0) is 32.5 Å². The molecule has 0 aliphatic carbocycles. The number of hydrogen-bond donors (Lipinski definition) is 0. The first-order chi connectivity index (χ1) is 42.4. The van der Waals surface area contributed by atoms with Crippen molar-refractivity contribution in [3.8, 4) is 50.2 Å². The molecule has 12 aromatic carbocycles. The van der Waals surface area contributed by atoms with E-state index in [0.29, 0.717) is 0 Å². The number of benzene rings is 12. The van der Waals surface area contributed by atoms with E-state index in [1.807, 2.05) is 0 Å². The lowest BCUT2D eigenvalue weighted by atomic mass is 9.79. The molecule has 0 aliphatic rings. The van der Waals surface area contributed by atoms with Gasteiger partial charge in [-0.3, -0.25) is 0 Å². The highest BCUT2D eigenvalue weighted by molar-refractivity contribution is 6.27. The van der Waals surface area contributed by atoms with Gasteiger partial charge in [0.05, 0.1) is 22.4 Å². The van der Waals surface area contributed by atoms with Gasteiger partial charge in [-0.2, -0.15) is 0 Å². The molecule has 0 atom stereocenters. The van der Waals surface area contributed by atoms with Crippen molar-refractivity contribution in [1.82, 2.24) is 4.57 Å². The van der Waals surface area contributed by atoms with Crippen LogP contribution in [0.5, 0.6) is 0 Å². The second-order valence-electron chi connectivity index (χ2n) is 32.1. The smallest absolute Gasteiger partial charge is 0.0541 e. The van der Waals surface area contributed by atoms with Gasteiger partial charge in [-0.25, -0.2) is 0 Å². The van der Waals surface area contributed by atoms with Crippen molar-refractivity contribution in [2.45, 2.75) is 157 Å². The lowest BCUT2D eigenvalue weighted by Crippen LogP contribution is -2.16. The molecule has 0 fully saturated rings. The van der Waals surface area contributed by atoms with Gasteiger partial charge in [0.2, 0.25) is 0 Å². The van der Waals surface area contributed by atoms with Gasteiger partial charge in [0.15, 0.2) is 0 Å². The van der Waals surface area contributed by atoms with E-state index < -0.39 is 0 Å². The van der Waals surface area contributed by atoms with Crippen LogP contribution in [0.1, 0.15) is 158 Å². The molecule has 0 bridgehead atoms. The maximum Gasteiger partial charge on any atom is 0.0541 e. The van der Waals surface area contributed by atoms with Crippen LogP contribution in [0.4, 0.5) is 17.1 Å². The zero-order chi connectivity index (χ0) is 63.8. The average Bonchev–Trinajstić information content (AvgIpc) is 1.38. The van der Waals surface area contributed by atoms with Gasteiger partial charge < -0.3 is 9.47 Å². The summed E-state index contributed by atoms with van der Waals surface area (Å²) < 4.78 is 2.54. The lowest BCUT2D eigenvalue weighted by molar-refractivity contribution is 0.568. The van der Waals surface area contributed by atoms with Crippen LogP contribution in [0, 0.1) is 0 Å². The third kappa shape index (κ3) is 11.1. The zero-order valence-electron chi connectivity index (χ0n) is 56.7. The van der Waals surface area contributed by atoms with Crippen molar-refractivity contribution in [2.75, 3.05) is 4.90 Å². The third-order valence-electron chi connectivity index (χ3n) is 19.2. The Morgan fingerprint density at radius 1 is 0.244 bits per heavy atom. The fourth-order valence-corrected chi connectivity index (χ4v) is 13.5. The van der Waals surface area contributed by atoms with E-state index in [-0.39, 0.29) is 32.5 Å². The number of hydrogen-bond acceptors (Lipinski definition) is 1. The molecule has 0 radical (unpaired) electrons. The number of rotatable bonds is 8. The zero-order valence-corrected chi connectivity index (χ0v) is 56.7. The van der Waals surface area contributed by atoms with Crippen LogP contribution >= 0.6 is 0 Å². The maximum absolute atomic E-state index is 2.54. The van der Waals surface area contributed by atoms with Crippen LogP contribution in [0.15, 0.2) is 218 Å². The normalized spacial score (nSPS) is 13.0. The van der Waals surface area contributed by atoms with Crippen molar-refractivity contribution in [1.29, 1.82) is 0 Å². The summed E-state index contributed by atoms with van der Waals surface area (Å²) in [6.45, 7) is 41.8. The second kappa shape index (κ2) is 21.5. The van der Waals surface area contributed by atoms with Gasteiger partial charge in [0, 0.05) is 32.9 Å². The highest BCUT2D eigenvalue weighted by Gasteiger charge is 2.27. The summed E-state index contributed by atoms with van der Waals surface area (Å²) in [6.07, 6.45) is 0. The van der Waals surface area contributed by atoms with E-state index in [1.165, 1.54) is 127 Å². The number of fused-ring (bicyclic) bond motifs is 3. The monoisotopic (exact) mass is 1170 g/mol. The molecule has 2 nitrogen and oxygen atoms in total. The number of nitrogens with zero attached hydrogens (tertiary/aromatic N) is 2. The van der Waals surface area contributed by atoms with Gasteiger partial charge in [-0.15, -0.1) is 0 Å². The predicted octanol–water partition coefficient (Wildman–Crippen LogP) is 25.6. The molecule has 1 aromatic heterocycles. The van der Waals surface area contributed by atoms with E-state index in [2.05, 4.69) is 352 Å². The Kier molecular flexibility index (Phi) is 14.4. The van der Waals surface area contributed by atoms with Gasteiger partial charge in [-0.1, -0.05) is 270 Å². The first-order valence-corrected chi connectivity index (χ1v) is 32.7. The first-order valence-electron chi connectivity index (χ1n) is 32.7. The molecule has 13 aromatic rings. The summed E-state index contributed by atoms with van der Waals surface area (Å²) in [5, 5.41) is 10.0. The Labute approximate surface area is 536 Å². The standard InChI is InChI=1S/C88H90N2/c1-83(2,3)65-35-41-79-75(53-65)76-54-66(84(4,5)6)36-42-80(76)90(79)78-40-34-56-31-37-73-77(39-33-55-32-38-74(78)82(56)81(55)73)89(71-29-21-27-61(49-71)57-23-19-25-59(43-57)63-45-67(85(7,8)9)51-68(46-63)86(10,11)12)72-30-22-28-62(50-72)58-24-20-26-60(44-58)64-47-69(87(13,14)15)52-70(48-64)88(16,17)18/h19-54H,1-18H3. The largest absolute Gasteiger partial charge is 0.310 e. The van der Waals surface area contributed by atoms with Crippen molar-refractivity contribution in [3.63, 3.8) is 0 Å². The highest BCUT2D eigenvalue weighted by atomic mass is 15.1. The molecule has 0 saturated carbocycles. The Morgan fingerprint density at radius 3 is 0.978 bits per heavy atom. The molecule has 0 amide bonds. The Balaban J connectivity index is 1.01. The lowest BCUT2D eigenvalue weighted by Gasteiger charge is -2.29. The number of anilines is 3. The molecule has 90 heavy (non-hydrogen) atoms. The van der Waals surface area contributed by atoms with E-state index in [1.54, 1.807) is 0 Å². The molecule has 0 unspecified atom stereocenters. The van der Waals surface area contributed by atoms with Crippen molar-refractivity contribution < 1.29 is 0 Å². The van der Waals surface area contributed by atoms with Gasteiger partial charge >= 0.3 is 0 Å². The average molecular weight is 1180 g/mol. The fourth-order valence-electron chi connectivity index (χ4n) is 13.5. The van der Waals surface area contributed by atoms with Gasteiger partial charge in [0.25, 0.3) is 0 Å². The highest BCUT2D eigenvalue weighted by Crippen LogP contribution is 2.48. The summed E-state index contributed by atoms with van der Waals surface area (Å²) in [5.74, 6) is 0. The summed E-state index contributed by atoms with van der Waals surface area (Å²) in [6, 6.07) is 84.5. The summed E-state index contributed by atoms with van der Waals surface area (Å²) in [7, 11) is 0. The first kappa shape index (κ1) is 60.2. The molecule has 452 valence electrons. The SMILES string of the molecule is CC(C)(C)c1cc(-c2cccc(-c3cccc(N(c4cccc(-c5cccc(-c6cc(C(C)(C)C)cc(C(C)(C)C)c6)c5)c4)c4ccc5ccc6c(-n7c8ccc(C(C)(C)C)cc8c8cc(C(C)(C)C)ccc87)ccc7ccc4c5c76)c3)c2)cc(C(C)(C)C)c1. The minimum atomic E-state index is 0.00695. The Bertz CT molecular complexity index is 4640. The minimum absolute atomic E-state index is 0.00695. The number of aromatic nitrogens is 1. The van der Waals surface area contributed by atoms with Crippen LogP contribution in [0.3, 0.4) is 0 Å². The van der Waals surface area contributed by atoms with Gasteiger partial charge in [0.1, 0.15) is 0 Å². The van der Waals surface area contributed by atoms with E-state index in [9.17, 15) is 0 Å². The van der Waals surface area contributed by atoms with Crippen molar-refractivity contribution in [2.24, 2.45) is 0 Å². The van der Waals surface area contributed by atoms with E-state index in [0.717, 1.165) is 28.2 Å². The minimum Gasteiger partial charge on any atom is -0.310 e. The fraction of sp³-hybridized carbons (Fsp3) is 0.273. The molecular weight excluding hydrogens is 1080 g/mol. The molecule has 13 rings (SSSR count). The summed E-state index contributed by atoms with van der Waals surface area (Å²) >= 11 is 0. The topological polar surface area (TPSA) is 8.17 Å². The molecule has 2 heteroatoms. The van der Waals surface area contributed by atoms with Crippen LogP contribution in [0.2, 0.25) is 0 Å². The maximum atomic E-state index is 2.54. The molecule has 1 heterocycles. The predicted molar refractivity (Wildman–Crippen MR) is 393 cm³/mol. The quantitative estimate of drug-likeness (QED) is 0.138. The molecular formula is C88H90N2.